The van der Waals surface area contributed by atoms with Crippen LogP contribution in [0.15, 0.2) is 59.0 Å². The van der Waals surface area contributed by atoms with Gasteiger partial charge in [-0.15, -0.1) is 20.4 Å². The van der Waals surface area contributed by atoms with Gasteiger partial charge in [0.15, 0.2) is 11.5 Å². The first kappa shape index (κ1) is 17.1. The minimum Gasteiger partial charge on any atom is -0.419 e. The number of hydrogen-bond donors (Lipinski definition) is 1. The molecule has 0 fully saturated rings. The summed E-state index contributed by atoms with van der Waals surface area (Å²) in [5, 5.41) is 22.2. The molecule has 0 aliphatic rings. The van der Waals surface area contributed by atoms with Crippen LogP contribution in [0.1, 0.15) is 24.8 Å². The molecular formula is C21H21N5O. The second kappa shape index (κ2) is 7.95. The Morgan fingerprint density at radius 3 is 2.41 bits per heavy atom. The lowest BCUT2D eigenvalue weighted by Crippen LogP contribution is -2.06. The highest BCUT2D eigenvalue weighted by atomic mass is 16.4. The van der Waals surface area contributed by atoms with Crippen molar-refractivity contribution in [1.82, 2.24) is 20.4 Å². The zero-order chi connectivity index (χ0) is 18.5. The molecular weight excluding hydrogens is 338 g/mol. The van der Waals surface area contributed by atoms with Crippen LogP contribution in [0, 0.1) is 0 Å². The molecule has 0 saturated heterocycles. The summed E-state index contributed by atoms with van der Waals surface area (Å²) in [5.74, 6) is 1.78. The SMILES string of the molecule is CCc1nnc(-c2nnc(NCCCc3ccccc3)c3ccccc23)o1. The molecule has 0 spiro atoms. The van der Waals surface area contributed by atoms with Crippen LogP contribution < -0.4 is 5.32 Å². The average molecular weight is 359 g/mol. The molecule has 2 aromatic heterocycles. The van der Waals surface area contributed by atoms with Gasteiger partial charge in [-0.1, -0.05) is 61.5 Å². The van der Waals surface area contributed by atoms with Crippen molar-refractivity contribution in [2.24, 2.45) is 0 Å². The van der Waals surface area contributed by atoms with Crippen LogP contribution in [0.25, 0.3) is 22.4 Å². The fourth-order valence-electron chi connectivity index (χ4n) is 3.03. The number of aromatic nitrogens is 4. The highest BCUT2D eigenvalue weighted by Crippen LogP contribution is 2.29. The van der Waals surface area contributed by atoms with Crippen molar-refractivity contribution in [2.45, 2.75) is 26.2 Å². The molecule has 0 aliphatic heterocycles. The van der Waals surface area contributed by atoms with Crippen LogP contribution in [0.2, 0.25) is 0 Å². The predicted octanol–water partition coefficient (Wildman–Crippen LogP) is 4.29. The molecule has 4 aromatic rings. The fraction of sp³-hybridized carbons (Fsp3) is 0.238. The van der Waals surface area contributed by atoms with E-state index in [9.17, 15) is 0 Å². The summed E-state index contributed by atoms with van der Waals surface area (Å²) in [6, 6.07) is 18.5. The van der Waals surface area contributed by atoms with E-state index in [2.05, 4.69) is 50.0 Å². The third-order valence-corrected chi connectivity index (χ3v) is 4.44. The van der Waals surface area contributed by atoms with Gasteiger partial charge in [0.25, 0.3) is 5.89 Å². The summed E-state index contributed by atoms with van der Waals surface area (Å²) in [7, 11) is 0. The summed E-state index contributed by atoms with van der Waals surface area (Å²) in [6.45, 7) is 2.80. The zero-order valence-corrected chi connectivity index (χ0v) is 15.2. The van der Waals surface area contributed by atoms with E-state index in [0.717, 1.165) is 36.0 Å². The number of nitrogens with one attached hydrogen (secondary N) is 1. The summed E-state index contributed by atoms with van der Waals surface area (Å²) in [5.41, 5.74) is 1.96. The van der Waals surface area contributed by atoms with E-state index in [1.807, 2.05) is 37.3 Å². The van der Waals surface area contributed by atoms with Gasteiger partial charge in [-0.05, 0) is 18.4 Å². The second-order valence-electron chi connectivity index (χ2n) is 6.31. The summed E-state index contributed by atoms with van der Waals surface area (Å²) in [6.07, 6.45) is 2.74. The quantitative estimate of drug-likeness (QED) is 0.496. The summed E-state index contributed by atoms with van der Waals surface area (Å²) >= 11 is 0. The molecule has 0 unspecified atom stereocenters. The van der Waals surface area contributed by atoms with Crippen molar-refractivity contribution in [3.8, 4) is 11.6 Å². The first-order chi connectivity index (χ1) is 13.3. The van der Waals surface area contributed by atoms with Crippen molar-refractivity contribution >= 4 is 16.6 Å². The maximum Gasteiger partial charge on any atom is 0.268 e. The Hall–Kier alpha value is -3.28. The molecule has 0 atom stereocenters. The van der Waals surface area contributed by atoms with Crippen LogP contribution in [0.4, 0.5) is 5.82 Å². The summed E-state index contributed by atoms with van der Waals surface area (Å²) < 4.78 is 5.67. The molecule has 0 bridgehead atoms. The molecule has 2 heterocycles. The van der Waals surface area contributed by atoms with Crippen LogP contribution >= 0.6 is 0 Å². The van der Waals surface area contributed by atoms with Gasteiger partial charge in [0.05, 0.1) is 0 Å². The van der Waals surface area contributed by atoms with E-state index < -0.39 is 0 Å². The molecule has 0 aliphatic carbocycles. The van der Waals surface area contributed by atoms with Gasteiger partial charge in [-0.3, -0.25) is 0 Å². The Labute approximate surface area is 157 Å². The predicted molar refractivity (Wildman–Crippen MR) is 105 cm³/mol. The van der Waals surface area contributed by atoms with E-state index in [-0.39, 0.29) is 0 Å². The molecule has 6 nitrogen and oxygen atoms in total. The molecule has 1 N–H and O–H groups in total. The van der Waals surface area contributed by atoms with Crippen molar-refractivity contribution < 1.29 is 4.42 Å². The number of fused-ring (bicyclic) bond motifs is 1. The minimum atomic E-state index is 0.408. The first-order valence-electron chi connectivity index (χ1n) is 9.21. The normalized spacial score (nSPS) is 11.0. The number of rotatable bonds is 7. The lowest BCUT2D eigenvalue weighted by atomic mass is 10.1. The van der Waals surface area contributed by atoms with Gasteiger partial charge in [-0.25, -0.2) is 0 Å². The maximum absolute atomic E-state index is 5.67. The van der Waals surface area contributed by atoms with E-state index in [1.165, 1.54) is 5.56 Å². The lowest BCUT2D eigenvalue weighted by molar-refractivity contribution is 0.511. The molecule has 27 heavy (non-hydrogen) atoms. The van der Waals surface area contributed by atoms with Gasteiger partial charge >= 0.3 is 0 Å². The topological polar surface area (TPSA) is 76.7 Å². The summed E-state index contributed by atoms with van der Waals surface area (Å²) in [4.78, 5) is 0. The zero-order valence-electron chi connectivity index (χ0n) is 15.2. The van der Waals surface area contributed by atoms with E-state index >= 15 is 0 Å². The third kappa shape index (κ3) is 3.79. The number of hydrogen-bond acceptors (Lipinski definition) is 6. The minimum absolute atomic E-state index is 0.408. The monoisotopic (exact) mass is 359 g/mol. The van der Waals surface area contributed by atoms with Crippen LogP contribution in [0.3, 0.4) is 0 Å². The number of nitrogens with zero attached hydrogens (tertiary/aromatic N) is 4. The Morgan fingerprint density at radius 1 is 0.852 bits per heavy atom. The van der Waals surface area contributed by atoms with Crippen LogP contribution in [-0.2, 0) is 12.8 Å². The van der Waals surface area contributed by atoms with Crippen molar-refractivity contribution in [3.63, 3.8) is 0 Å². The van der Waals surface area contributed by atoms with Gasteiger partial charge < -0.3 is 9.73 Å². The van der Waals surface area contributed by atoms with Crippen molar-refractivity contribution in [2.75, 3.05) is 11.9 Å². The maximum atomic E-state index is 5.67. The highest BCUT2D eigenvalue weighted by molar-refractivity contribution is 5.98. The Morgan fingerprint density at radius 2 is 1.63 bits per heavy atom. The number of anilines is 1. The molecule has 0 amide bonds. The molecule has 136 valence electrons. The first-order valence-corrected chi connectivity index (χ1v) is 9.21. The fourth-order valence-corrected chi connectivity index (χ4v) is 3.03. The largest absolute Gasteiger partial charge is 0.419 e. The molecule has 2 aromatic carbocycles. The van der Waals surface area contributed by atoms with E-state index in [1.54, 1.807) is 0 Å². The average Bonchev–Trinajstić information content (AvgIpc) is 3.21. The molecule has 4 rings (SSSR count). The molecule has 0 radical (unpaired) electrons. The van der Waals surface area contributed by atoms with Crippen molar-refractivity contribution in [3.05, 3.63) is 66.1 Å². The van der Waals surface area contributed by atoms with E-state index in [4.69, 9.17) is 4.42 Å². The van der Waals surface area contributed by atoms with Gasteiger partial charge in [0.2, 0.25) is 5.89 Å². The molecule has 0 saturated carbocycles. The van der Waals surface area contributed by atoms with Gasteiger partial charge in [0.1, 0.15) is 0 Å². The smallest absolute Gasteiger partial charge is 0.268 e. The second-order valence-corrected chi connectivity index (χ2v) is 6.31. The Kier molecular flexibility index (Phi) is 5.05. The Balaban J connectivity index is 1.53. The molecule has 6 heteroatoms. The number of benzene rings is 2. The van der Waals surface area contributed by atoms with E-state index in [0.29, 0.717) is 23.9 Å². The van der Waals surface area contributed by atoms with Crippen LogP contribution in [-0.4, -0.2) is 26.9 Å². The Bertz CT molecular complexity index is 1030. The van der Waals surface area contributed by atoms with Crippen molar-refractivity contribution in [1.29, 1.82) is 0 Å². The van der Waals surface area contributed by atoms with Gasteiger partial charge in [-0.2, -0.15) is 0 Å². The van der Waals surface area contributed by atoms with Crippen LogP contribution in [0.5, 0.6) is 0 Å². The third-order valence-electron chi connectivity index (χ3n) is 4.44. The number of aryl methyl sites for hydroxylation is 2. The van der Waals surface area contributed by atoms with Gasteiger partial charge in [0, 0.05) is 23.7 Å². The standard InChI is InChI=1S/C21H21N5O/c1-2-18-23-26-21(27-18)19-16-12-6-7-13-17(16)20(25-24-19)22-14-8-11-15-9-4-3-5-10-15/h3-7,9-10,12-13H,2,8,11,14H2,1H3,(H,22,25). The lowest BCUT2D eigenvalue weighted by Gasteiger charge is -2.09. The highest BCUT2D eigenvalue weighted by Gasteiger charge is 2.15.